The van der Waals surface area contributed by atoms with Gasteiger partial charge in [0.15, 0.2) is 17.1 Å². The van der Waals surface area contributed by atoms with Crippen LogP contribution >= 0.6 is 0 Å². The lowest BCUT2D eigenvalue weighted by Crippen LogP contribution is -2.44. The summed E-state index contributed by atoms with van der Waals surface area (Å²) in [4.78, 5) is 26.4. The lowest BCUT2D eigenvalue weighted by atomic mass is 10.0. The number of anilines is 1. The minimum Gasteiger partial charge on any atom is -0.367 e. The molecule has 1 aliphatic heterocycles. The number of H-pyrrole nitrogens is 2. The monoisotopic (exact) mass is 425 g/mol. The largest absolute Gasteiger partial charge is 0.367 e. The number of nitrogens with zero attached hydrogens (tertiary/aromatic N) is 7. The average Bonchev–Trinajstić information content (AvgIpc) is 3.43. The van der Waals surface area contributed by atoms with E-state index in [0.717, 1.165) is 76.4 Å². The van der Waals surface area contributed by atoms with Crippen LogP contribution in [0.5, 0.6) is 0 Å². The molecule has 0 saturated carbocycles. The second-order valence-electron chi connectivity index (χ2n) is 8.29. The summed E-state index contributed by atoms with van der Waals surface area (Å²) in [5, 5.41) is 8.47. The normalized spacial score (nSPS) is 15.1. The summed E-state index contributed by atoms with van der Waals surface area (Å²) in [7, 11) is 2.16. The van der Waals surface area contributed by atoms with Gasteiger partial charge < -0.3 is 14.8 Å². The number of nitrogens with one attached hydrogen (secondary N) is 2. The van der Waals surface area contributed by atoms with Crippen molar-refractivity contribution in [1.29, 1.82) is 0 Å². The summed E-state index contributed by atoms with van der Waals surface area (Å²) in [5.41, 5.74) is 7.40. The minimum absolute atomic E-state index is 0.683. The van der Waals surface area contributed by atoms with Crippen LogP contribution in [0.2, 0.25) is 0 Å². The molecule has 0 amide bonds. The molecule has 2 N–H and O–H groups in total. The van der Waals surface area contributed by atoms with E-state index < -0.39 is 0 Å². The lowest BCUT2D eigenvalue weighted by Gasteiger charge is -2.33. The molecule has 1 aliphatic rings. The van der Waals surface area contributed by atoms with E-state index in [1.807, 2.05) is 30.7 Å². The van der Waals surface area contributed by atoms with Crippen molar-refractivity contribution in [2.45, 2.75) is 6.92 Å². The summed E-state index contributed by atoms with van der Waals surface area (Å²) >= 11 is 0. The number of rotatable bonds is 3. The van der Waals surface area contributed by atoms with Gasteiger partial charge in [-0.3, -0.25) is 10.1 Å². The van der Waals surface area contributed by atoms with Crippen LogP contribution in [0.15, 0.2) is 43.0 Å². The second kappa shape index (κ2) is 7.38. The van der Waals surface area contributed by atoms with Crippen molar-refractivity contribution in [1.82, 2.24) is 40.0 Å². The Balaban J connectivity index is 1.45. The van der Waals surface area contributed by atoms with E-state index in [-0.39, 0.29) is 0 Å². The highest BCUT2D eigenvalue weighted by molar-refractivity contribution is 5.95. The summed E-state index contributed by atoms with van der Waals surface area (Å²) < 4.78 is 0. The number of hydrogen-bond acceptors (Lipinski definition) is 7. The van der Waals surface area contributed by atoms with Crippen molar-refractivity contribution in [3.63, 3.8) is 0 Å². The van der Waals surface area contributed by atoms with Gasteiger partial charge in [-0.25, -0.2) is 15.0 Å². The number of hydrogen-bond donors (Lipinski definition) is 2. The van der Waals surface area contributed by atoms with Gasteiger partial charge in [-0.2, -0.15) is 5.10 Å². The molecule has 9 heteroatoms. The van der Waals surface area contributed by atoms with Gasteiger partial charge in [0, 0.05) is 62.1 Å². The number of aryl methyl sites for hydroxylation is 1. The molecule has 5 aromatic heterocycles. The zero-order valence-electron chi connectivity index (χ0n) is 18.0. The molecule has 0 unspecified atom stereocenters. The van der Waals surface area contributed by atoms with Crippen molar-refractivity contribution in [3.05, 3.63) is 48.5 Å². The van der Waals surface area contributed by atoms with E-state index in [0.29, 0.717) is 5.82 Å². The average molecular weight is 426 g/mol. The zero-order chi connectivity index (χ0) is 21.7. The Morgan fingerprint density at radius 2 is 1.84 bits per heavy atom. The van der Waals surface area contributed by atoms with Gasteiger partial charge in [-0.15, -0.1) is 0 Å². The molecule has 0 radical (unpaired) electrons. The van der Waals surface area contributed by atoms with Crippen LogP contribution in [0.4, 0.5) is 5.69 Å². The first-order valence-corrected chi connectivity index (χ1v) is 10.7. The molecular weight excluding hydrogens is 402 g/mol. The molecule has 6 heterocycles. The van der Waals surface area contributed by atoms with Crippen LogP contribution in [0.1, 0.15) is 5.56 Å². The number of aromatic nitrogens is 7. The maximum absolute atomic E-state index is 4.92. The number of likely N-dealkylation sites (N-methyl/N-ethyl adjacent to an activating group) is 1. The molecule has 0 bridgehead atoms. The fourth-order valence-electron chi connectivity index (χ4n) is 4.31. The van der Waals surface area contributed by atoms with Crippen LogP contribution in [0.3, 0.4) is 0 Å². The fourth-order valence-corrected chi connectivity index (χ4v) is 4.31. The maximum atomic E-state index is 4.92. The van der Waals surface area contributed by atoms with E-state index in [4.69, 9.17) is 4.98 Å². The number of imidazole rings is 1. The van der Waals surface area contributed by atoms with Crippen molar-refractivity contribution in [3.8, 4) is 22.6 Å². The Bertz CT molecular complexity index is 1430. The third-order valence-corrected chi connectivity index (χ3v) is 6.20. The SMILES string of the molecule is Cc1ccncc1-c1cnc2[nH]nc(-c3nc4c(N5CCN(C)CC5)ccnc4[nH]3)c2c1. The van der Waals surface area contributed by atoms with Crippen molar-refractivity contribution in [2.75, 3.05) is 38.1 Å². The quantitative estimate of drug-likeness (QED) is 0.458. The van der Waals surface area contributed by atoms with Crippen molar-refractivity contribution in [2.24, 2.45) is 0 Å². The lowest BCUT2D eigenvalue weighted by molar-refractivity contribution is 0.313. The zero-order valence-corrected chi connectivity index (χ0v) is 18.0. The van der Waals surface area contributed by atoms with Crippen molar-refractivity contribution >= 4 is 27.9 Å². The predicted molar refractivity (Wildman–Crippen MR) is 124 cm³/mol. The molecule has 32 heavy (non-hydrogen) atoms. The Morgan fingerprint density at radius 1 is 0.969 bits per heavy atom. The summed E-state index contributed by atoms with van der Waals surface area (Å²) in [6.07, 6.45) is 7.35. The van der Waals surface area contributed by atoms with Crippen LogP contribution in [0.25, 0.3) is 44.8 Å². The Hall–Kier alpha value is -3.85. The molecule has 0 aromatic carbocycles. The number of fused-ring (bicyclic) bond motifs is 2. The van der Waals surface area contributed by atoms with Gasteiger partial charge in [-0.05, 0) is 37.7 Å². The Labute approximate surface area is 184 Å². The molecule has 1 fully saturated rings. The molecule has 6 rings (SSSR count). The van der Waals surface area contributed by atoms with E-state index >= 15 is 0 Å². The van der Waals surface area contributed by atoms with E-state index in [9.17, 15) is 0 Å². The van der Waals surface area contributed by atoms with Crippen LogP contribution in [0, 0.1) is 6.92 Å². The van der Waals surface area contributed by atoms with Crippen LogP contribution in [-0.2, 0) is 0 Å². The molecule has 9 nitrogen and oxygen atoms in total. The van der Waals surface area contributed by atoms with Gasteiger partial charge in [0.2, 0.25) is 0 Å². The fraction of sp³-hybridized carbons (Fsp3) is 0.261. The number of pyridine rings is 3. The maximum Gasteiger partial charge on any atom is 0.161 e. The first-order chi connectivity index (χ1) is 15.7. The van der Waals surface area contributed by atoms with E-state index in [2.05, 4.69) is 60.0 Å². The highest BCUT2D eigenvalue weighted by Gasteiger charge is 2.21. The molecule has 5 aromatic rings. The van der Waals surface area contributed by atoms with Gasteiger partial charge >= 0.3 is 0 Å². The molecule has 160 valence electrons. The molecule has 0 atom stereocenters. The summed E-state index contributed by atoms with van der Waals surface area (Å²) in [6, 6.07) is 6.14. The predicted octanol–water partition coefficient (Wildman–Crippen LogP) is 3.02. The number of aromatic amines is 2. The third kappa shape index (κ3) is 3.09. The molecule has 1 saturated heterocycles. The van der Waals surface area contributed by atoms with Gasteiger partial charge in [-0.1, -0.05) is 0 Å². The molecule has 0 spiro atoms. The highest BCUT2D eigenvalue weighted by atomic mass is 15.3. The Morgan fingerprint density at radius 3 is 2.69 bits per heavy atom. The highest BCUT2D eigenvalue weighted by Crippen LogP contribution is 2.32. The van der Waals surface area contributed by atoms with Crippen molar-refractivity contribution < 1.29 is 0 Å². The van der Waals surface area contributed by atoms with Crippen LogP contribution < -0.4 is 4.90 Å². The van der Waals surface area contributed by atoms with Crippen LogP contribution in [-0.4, -0.2) is 73.2 Å². The Kier molecular flexibility index (Phi) is 4.36. The molecule has 0 aliphatic carbocycles. The second-order valence-corrected chi connectivity index (χ2v) is 8.29. The van der Waals surface area contributed by atoms with E-state index in [1.165, 1.54) is 0 Å². The standard InChI is InChI=1S/C23H23N9/c1-14-3-5-24-13-17(14)15-11-16-19(29-30-21(16)26-12-15)23-27-20-18(4-6-25-22(20)28-23)32-9-7-31(2)8-10-32/h3-6,11-13H,7-10H2,1-2H3,(H,25,27,28)(H,26,29,30). The van der Waals surface area contributed by atoms with E-state index in [1.54, 1.807) is 6.20 Å². The smallest absolute Gasteiger partial charge is 0.161 e. The minimum atomic E-state index is 0.683. The van der Waals surface area contributed by atoms with Gasteiger partial charge in [0.1, 0.15) is 11.2 Å². The first kappa shape index (κ1) is 18.9. The third-order valence-electron chi connectivity index (χ3n) is 6.20. The molecular formula is C23H23N9. The number of piperazine rings is 1. The summed E-state index contributed by atoms with van der Waals surface area (Å²) in [6.45, 7) is 6.09. The first-order valence-electron chi connectivity index (χ1n) is 10.7. The van der Waals surface area contributed by atoms with Gasteiger partial charge in [0.05, 0.1) is 11.1 Å². The summed E-state index contributed by atoms with van der Waals surface area (Å²) in [5.74, 6) is 0.683. The van der Waals surface area contributed by atoms with Gasteiger partial charge in [0.25, 0.3) is 0 Å². The topological polar surface area (TPSA) is 103 Å².